The molecule has 1 atom stereocenters. The Bertz CT molecular complexity index is 298. The first-order valence-electron chi connectivity index (χ1n) is 6.09. The van der Waals surface area contributed by atoms with Gasteiger partial charge in [-0.05, 0) is 17.5 Å². The van der Waals surface area contributed by atoms with Crippen LogP contribution in [0.4, 0.5) is 0 Å². The maximum Gasteiger partial charge on any atom is 0.111 e. The second-order valence-electron chi connectivity index (χ2n) is 4.12. The van der Waals surface area contributed by atoms with Crippen LogP contribution in [-0.4, -0.2) is 18.4 Å². The van der Waals surface area contributed by atoms with Crippen LogP contribution in [0.25, 0.3) is 0 Å². The topological polar surface area (TPSA) is 57.0 Å². The van der Waals surface area contributed by atoms with E-state index in [4.69, 9.17) is 9.94 Å². The normalized spacial score (nSPS) is 12.6. The van der Waals surface area contributed by atoms with E-state index in [9.17, 15) is 5.21 Å². The van der Waals surface area contributed by atoms with Gasteiger partial charge < -0.3 is 9.94 Å². The SMILES string of the molecule is CCCCOCc1ccc(CC[NH+]([O-])O)cc1. The number of nitrogens with one attached hydrogen (secondary N) is 1. The lowest BCUT2D eigenvalue weighted by atomic mass is 10.1. The molecule has 96 valence electrons. The summed E-state index contributed by atoms with van der Waals surface area (Å²) in [5, 5.41) is 18.2. The maximum absolute atomic E-state index is 10.4. The van der Waals surface area contributed by atoms with Gasteiger partial charge in [0.25, 0.3) is 0 Å². The van der Waals surface area contributed by atoms with Gasteiger partial charge in [-0.25, -0.2) is 10.4 Å². The minimum atomic E-state index is -0.753. The quantitative estimate of drug-likeness (QED) is 0.531. The third-order valence-electron chi connectivity index (χ3n) is 2.56. The van der Waals surface area contributed by atoms with Gasteiger partial charge in [-0.3, -0.25) is 0 Å². The molecule has 0 heterocycles. The molecule has 1 rings (SSSR count). The van der Waals surface area contributed by atoms with Gasteiger partial charge in [-0.2, -0.15) is 0 Å². The van der Waals surface area contributed by atoms with Gasteiger partial charge in [0.1, 0.15) is 6.54 Å². The zero-order valence-electron chi connectivity index (χ0n) is 10.3. The predicted octanol–water partition coefficient (Wildman–Crippen LogP) is 1.32. The second kappa shape index (κ2) is 8.20. The Morgan fingerprint density at radius 2 is 1.88 bits per heavy atom. The zero-order chi connectivity index (χ0) is 12.5. The molecule has 0 fully saturated rings. The minimum absolute atomic E-state index is 0.187. The molecule has 0 amide bonds. The van der Waals surface area contributed by atoms with Gasteiger partial charge >= 0.3 is 0 Å². The van der Waals surface area contributed by atoms with E-state index in [1.165, 1.54) is 0 Å². The molecule has 1 unspecified atom stereocenters. The van der Waals surface area contributed by atoms with Crippen molar-refractivity contribution in [2.45, 2.75) is 32.8 Å². The summed E-state index contributed by atoms with van der Waals surface area (Å²) in [5.41, 5.74) is 2.20. The van der Waals surface area contributed by atoms with Crippen LogP contribution in [0, 0.1) is 5.21 Å². The van der Waals surface area contributed by atoms with Crippen LogP contribution in [-0.2, 0) is 17.8 Å². The molecule has 0 aromatic heterocycles. The van der Waals surface area contributed by atoms with Crippen LogP contribution < -0.4 is 5.23 Å². The summed E-state index contributed by atoms with van der Waals surface area (Å²) in [4.78, 5) is 0. The predicted molar refractivity (Wildman–Crippen MR) is 65.7 cm³/mol. The van der Waals surface area contributed by atoms with Gasteiger partial charge in [0.05, 0.1) is 6.61 Å². The van der Waals surface area contributed by atoms with E-state index in [-0.39, 0.29) is 6.54 Å². The molecule has 0 aliphatic heterocycles. The van der Waals surface area contributed by atoms with Crippen molar-refractivity contribution in [1.82, 2.24) is 0 Å². The molecule has 0 saturated heterocycles. The first kappa shape index (κ1) is 14.1. The highest BCUT2D eigenvalue weighted by molar-refractivity contribution is 5.22. The fourth-order valence-electron chi connectivity index (χ4n) is 1.49. The van der Waals surface area contributed by atoms with Crippen molar-refractivity contribution in [3.05, 3.63) is 40.6 Å². The summed E-state index contributed by atoms with van der Waals surface area (Å²) in [6.07, 6.45) is 2.83. The van der Waals surface area contributed by atoms with Gasteiger partial charge in [0, 0.05) is 13.0 Å². The Hall–Kier alpha value is -0.940. The summed E-state index contributed by atoms with van der Waals surface area (Å²) in [6.45, 7) is 3.77. The van der Waals surface area contributed by atoms with E-state index >= 15 is 0 Å². The first-order chi connectivity index (χ1) is 8.22. The van der Waals surface area contributed by atoms with E-state index in [2.05, 4.69) is 6.92 Å². The van der Waals surface area contributed by atoms with Crippen LogP contribution in [0.2, 0.25) is 0 Å². The van der Waals surface area contributed by atoms with Crippen molar-refractivity contribution in [1.29, 1.82) is 0 Å². The molecule has 0 aliphatic carbocycles. The fourth-order valence-corrected chi connectivity index (χ4v) is 1.49. The molecule has 1 aromatic rings. The standard InChI is InChI=1S/C13H21NO3/c1-2-3-10-17-11-13-6-4-12(5-7-13)8-9-14(15)16/h4-7,14-15H,2-3,8-11H2,1H3. The van der Waals surface area contributed by atoms with Crippen LogP contribution in [0.3, 0.4) is 0 Å². The lowest BCUT2D eigenvalue weighted by Gasteiger charge is -2.11. The van der Waals surface area contributed by atoms with Crippen molar-refractivity contribution in [3.8, 4) is 0 Å². The minimum Gasteiger partial charge on any atom is -0.600 e. The van der Waals surface area contributed by atoms with Crippen LogP contribution in [0.15, 0.2) is 24.3 Å². The molecule has 0 aliphatic rings. The first-order valence-corrected chi connectivity index (χ1v) is 6.09. The summed E-state index contributed by atoms with van der Waals surface area (Å²) < 4.78 is 5.50. The number of rotatable bonds is 8. The van der Waals surface area contributed by atoms with E-state index in [0.717, 1.165) is 30.6 Å². The second-order valence-corrected chi connectivity index (χ2v) is 4.12. The summed E-state index contributed by atoms with van der Waals surface area (Å²) >= 11 is 0. The van der Waals surface area contributed by atoms with Crippen LogP contribution in [0.1, 0.15) is 30.9 Å². The smallest absolute Gasteiger partial charge is 0.111 e. The largest absolute Gasteiger partial charge is 0.600 e. The molecule has 0 bridgehead atoms. The van der Waals surface area contributed by atoms with Crippen LogP contribution >= 0.6 is 0 Å². The van der Waals surface area contributed by atoms with Gasteiger partial charge in [-0.1, -0.05) is 37.6 Å². The van der Waals surface area contributed by atoms with Crippen molar-refractivity contribution in [3.63, 3.8) is 0 Å². The Balaban J connectivity index is 2.29. The Kier molecular flexibility index (Phi) is 6.81. The number of hydrogen-bond donors (Lipinski definition) is 2. The summed E-state index contributed by atoms with van der Waals surface area (Å²) in [6, 6.07) is 7.95. The molecular weight excluding hydrogens is 218 g/mol. The van der Waals surface area contributed by atoms with E-state index in [1.54, 1.807) is 0 Å². The monoisotopic (exact) mass is 239 g/mol. The van der Waals surface area contributed by atoms with Crippen molar-refractivity contribution in [2.24, 2.45) is 0 Å². The Labute approximate surface area is 102 Å². The fraction of sp³-hybridized carbons (Fsp3) is 0.538. The molecule has 4 heteroatoms. The number of unbranched alkanes of at least 4 members (excludes halogenated alkanes) is 1. The number of hydroxylamine groups is 2. The Morgan fingerprint density at radius 3 is 2.47 bits per heavy atom. The highest BCUT2D eigenvalue weighted by atomic mass is 16.8. The average molecular weight is 239 g/mol. The molecule has 0 saturated carbocycles. The third-order valence-corrected chi connectivity index (χ3v) is 2.56. The van der Waals surface area contributed by atoms with E-state index in [1.807, 2.05) is 24.3 Å². The number of ether oxygens (including phenoxy) is 1. The lowest BCUT2D eigenvalue weighted by molar-refractivity contribution is -1.05. The van der Waals surface area contributed by atoms with E-state index in [0.29, 0.717) is 13.0 Å². The van der Waals surface area contributed by atoms with Gasteiger partial charge in [-0.15, -0.1) is 0 Å². The highest BCUT2D eigenvalue weighted by Gasteiger charge is 1.98. The molecular formula is C13H21NO3. The van der Waals surface area contributed by atoms with Crippen molar-refractivity contribution < 1.29 is 15.2 Å². The van der Waals surface area contributed by atoms with Crippen molar-refractivity contribution in [2.75, 3.05) is 13.2 Å². The lowest BCUT2D eigenvalue weighted by Crippen LogP contribution is -3.04. The number of quaternary nitrogens is 1. The average Bonchev–Trinajstić information content (AvgIpc) is 2.33. The third kappa shape index (κ3) is 6.38. The summed E-state index contributed by atoms with van der Waals surface area (Å²) in [5.74, 6) is 0. The number of benzene rings is 1. The van der Waals surface area contributed by atoms with Gasteiger partial charge in [0.2, 0.25) is 0 Å². The molecule has 2 N–H and O–H groups in total. The maximum atomic E-state index is 10.4. The zero-order valence-corrected chi connectivity index (χ0v) is 10.3. The Morgan fingerprint density at radius 1 is 1.24 bits per heavy atom. The van der Waals surface area contributed by atoms with Gasteiger partial charge in [0.15, 0.2) is 0 Å². The molecule has 4 nitrogen and oxygen atoms in total. The summed E-state index contributed by atoms with van der Waals surface area (Å²) in [7, 11) is 0. The van der Waals surface area contributed by atoms with E-state index < -0.39 is 5.23 Å². The number of hydrogen-bond acceptors (Lipinski definition) is 3. The van der Waals surface area contributed by atoms with Crippen LogP contribution in [0.5, 0.6) is 0 Å². The van der Waals surface area contributed by atoms with Crippen molar-refractivity contribution >= 4 is 0 Å². The molecule has 0 spiro atoms. The highest BCUT2D eigenvalue weighted by Crippen LogP contribution is 2.06. The molecule has 0 radical (unpaired) electrons. The molecule has 1 aromatic carbocycles. The molecule has 17 heavy (non-hydrogen) atoms.